The zero-order valence-electron chi connectivity index (χ0n) is 14.9. The molecule has 1 aliphatic rings. The molecule has 1 fully saturated rings. The van der Waals surface area contributed by atoms with Gasteiger partial charge in [-0.05, 0) is 48.2 Å². The molecule has 0 aromatic heterocycles. The fraction of sp³-hybridized carbons (Fsp3) is 0.350. The molecule has 3 rings (SSSR count). The molecule has 0 bridgehead atoms. The Kier molecular flexibility index (Phi) is 8.39. The summed E-state index contributed by atoms with van der Waals surface area (Å²) in [5, 5.41) is 1.08. The van der Waals surface area contributed by atoms with Crippen LogP contribution >= 0.6 is 35.6 Å². The van der Waals surface area contributed by atoms with Crippen LogP contribution in [0.1, 0.15) is 34.3 Å². The number of nitrogens with zero attached hydrogens (tertiary/aromatic N) is 1. The maximum Gasteiger partial charge on any atom is 0.253 e. The van der Waals surface area contributed by atoms with Crippen molar-refractivity contribution in [2.24, 2.45) is 5.73 Å². The SMILES string of the molecule is Cl.NCc1ccc(C(=O)N2CCC(OCc3ccc(Cl)c(Cl)c3)CC2)cc1. The maximum atomic E-state index is 12.6. The lowest BCUT2D eigenvalue weighted by atomic mass is 10.1. The molecule has 1 amide bonds. The van der Waals surface area contributed by atoms with E-state index >= 15 is 0 Å². The van der Waals surface area contributed by atoms with E-state index < -0.39 is 0 Å². The maximum absolute atomic E-state index is 12.6. The van der Waals surface area contributed by atoms with Crippen LogP contribution in [0.2, 0.25) is 10.0 Å². The van der Waals surface area contributed by atoms with Crippen molar-refractivity contribution in [3.05, 3.63) is 69.2 Å². The lowest BCUT2D eigenvalue weighted by molar-refractivity contribution is -0.000377. The molecule has 0 saturated carbocycles. The van der Waals surface area contributed by atoms with Gasteiger partial charge in [0.2, 0.25) is 0 Å². The summed E-state index contributed by atoms with van der Waals surface area (Å²) in [5.74, 6) is 0.0662. The number of hydrogen-bond acceptors (Lipinski definition) is 3. The predicted molar refractivity (Wildman–Crippen MR) is 112 cm³/mol. The average molecular weight is 430 g/mol. The van der Waals surface area contributed by atoms with Gasteiger partial charge in [0.05, 0.1) is 22.8 Å². The molecule has 0 unspecified atom stereocenters. The van der Waals surface area contributed by atoms with Gasteiger partial charge < -0.3 is 15.4 Å². The van der Waals surface area contributed by atoms with Gasteiger partial charge in [-0.3, -0.25) is 4.79 Å². The molecule has 0 atom stereocenters. The van der Waals surface area contributed by atoms with E-state index in [2.05, 4.69) is 0 Å². The number of nitrogens with two attached hydrogens (primary N) is 1. The highest BCUT2D eigenvalue weighted by Crippen LogP contribution is 2.24. The van der Waals surface area contributed by atoms with Gasteiger partial charge in [-0.25, -0.2) is 0 Å². The molecule has 27 heavy (non-hydrogen) atoms. The Bertz CT molecular complexity index is 760. The van der Waals surface area contributed by atoms with E-state index in [1.807, 2.05) is 41.3 Å². The van der Waals surface area contributed by atoms with Crippen LogP contribution in [0.15, 0.2) is 42.5 Å². The summed E-state index contributed by atoms with van der Waals surface area (Å²) < 4.78 is 5.97. The molecule has 7 heteroatoms. The average Bonchev–Trinajstić information content (AvgIpc) is 2.69. The highest BCUT2D eigenvalue weighted by Gasteiger charge is 2.24. The molecular formula is C20H23Cl3N2O2. The van der Waals surface area contributed by atoms with Gasteiger partial charge in [0.25, 0.3) is 5.91 Å². The zero-order chi connectivity index (χ0) is 18.5. The summed E-state index contributed by atoms with van der Waals surface area (Å²) in [4.78, 5) is 14.5. The first-order valence-corrected chi connectivity index (χ1v) is 9.46. The largest absolute Gasteiger partial charge is 0.373 e. The molecular weight excluding hydrogens is 407 g/mol. The van der Waals surface area contributed by atoms with E-state index in [1.54, 1.807) is 6.07 Å². The van der Waals surface area contributed by atoms with Crippen LogP contribution in [0, 0.1) is 0 Å². The first kappa shape index (κ1) is 22.0. The molecule has 0 spiro atoms. The fourth-order valence-electron chi connectivity index (χ4n) is 3.04. The van der Waals surface area contributed by atoms with E-state index in [-0.39, 0.29) is 24.4 Å². The Balaban J connectivity index is 0.00000261. The molecule has 0 radical (unpaired) electrons. The molecule has 0 aliphatic carbocycles. The Morgan fingerprint density at radius 1 is 1.04 bits per heavy atom. The van der Waals surface area contributed by atoms with E-state index in [0.29, 0.717) is 41.8 Å². The number of piperidine rings is 1. The van der Waals surface area contributed by atoms with Gasteiger partial charge in [0.15, 0.2) is 0 Å². The minimum atomic E-state index is 0. The van der Waals surface area contributed by atoms with Crippen LogP contribution in [-0.2, 0) is 17.9 Å². The number of benzene rings is 2. The van der Waals surface area contributed by atoms with Crippen LogP contribution < -0.4 is 5.73 Å². The lowest BCUT2D eigenvalue weighted by Gasteiger charge is -2.32. The van der Waals surface area contributed by atoms with Crippen LogP contribution in [0.5, 0.6) is 0 Å². The van der Waals surface area contributed by atoms with Gasteiger partial charge in [-0.2, -0.15) is 0 Å². The summed E-state index contributed by atoms with van der Waals surface area (Å²) in [6.45, 7) is 2.37. The predicted octanol–water partition coefficient (Wildman–Crippen LogP) is 4.70. The van der Waals surface area contributed by atoms with Crippen molar-refractivity contribution in [1.29, 1.82) is 0 Å². The number of likely N-dealkylation sites (tertiary alicyclic amines) is 1. The topological polar surface area (TPSA) is 55.6 Å². The van der Waals surface area contributed by atoms with Crippen molar-refractivity contribution in [1.82, 2.24) is 4.90 Å². The number of ether oxygens (including phenoxy) is 1. The second-order valence-corrected chi connectivity index (χ2v) is 7.27. The van der Waals surface area contributed by atoms with E-state index in [9.17, 15) is 4.79 Å². The molecule has 1 aliphatic heterocycles. The molecule has 2 aromatic rings. The second kappa shape index (κ2) is 10.3. The standard InChI is InChI=1S/C20H22Cl2N2O2.ClH/c21-18-6-3-15(11-19(18)22)13-26-17-7-9-24(10-8-17)20(25)16-4-1-14(12-23)2-5-16;/h1-6,11,17H,7-10,12-13,23H2;1H. The van der Waals surface area contributed by atoms with Gasteiger partial charge in [0.1, 0.15) is 0 Å². The highest BCUT2D eigenvalue weighted by molar-refractivity contribution is 6.42. The number of carbonyl (C=O) groups excluding carboxylic acids is 1. The van der Waals surface area contributed by atoms with Crippen molar-refractivity contribution in [2.75, 3.05) is 13.1 Å². The number of amides is 1. The third-order valence-corrected chi connectivity index (χ3v) is 5.37. The van der Waals surface area contributed by atoms with E-state index in [1.165, 1.54) is 0 Å². The normalized spacial score (nSPS) is 14.7. The minimum absolute atomic E-state index is 0. The van der Waals surface area contributed by atoms with Crippen LogP contribution in [0.3, 0.4) is 0 Å². The van der Waals surface area contributed by atoms with Crippen molar-refractivity contribution < 1.29 is 9.53 Å². The summed E-state index contributed by atoms with van der Waals surface area (Å²) in [6.07, 6.45) is 1.80. The number of halogens is 3. The molecule has 2 N–H and O–H groups in total. The molecule has 1 saturated heterocycles. The number of rotatable bonds is 5. The van der Waals surface area contributed by atoms with Crippen molar-refractivity contribution in [2.45, 2.75) is 32.1 Å². The zero-order valence-corrected chi connectivity index (χ0v) is 17.2. The van der Waals surface area contributed by atoms with Crippen LogP contribution in [0.4, 0.5) is 0 Å². The Labute approximate surface area is 176 Å². The van der Waals surface area contributed by atoms with Crippen LogP contribution in [-0.4, -0.2) is 30.0 Å². The number of hydrogen-bond donors (Lipinski definition) is 1. The smallest absolute Gasteiger partial charge is 0.253 e. The monoisotopic (exact) mass is 428 g/mol. The summed E-state index contributed by atoms with van der Waals surface area (Å²) >= 11 is 12.0. The van der Waals surface area contributed by atoms with Gasteiger partial charge in [0, 0.05) is 25.2 Å². The second-order valence-electron chi connectivity index (χ2n) is 6.45. The highest BCUT2D eigenvalue weighted by atomic mass is 35.5. The third kappa shape index (κ3) is 5.84. The molecule has 1 heterocycles. The number of carbonyl (C=O) groups is 1. The van der Waals surface area contributed by atoms with Gasteiger partial charge in [-0.1, -0.05) is 41.4 Å². The quantitative estimate of drug-likeness (QED) is 0.750. The Hall–Kier alpha value is -1.30. The summed E-state index contributed by atoms with van der Waals surface area (Å²) in [6, 6.07) is 13.0. The van der Waals surface area contributed by atoms with Gasteiger partial charge in [-0.15, -0.1) is 12.4 Å². The third-order valence-electron chi connectivity index (χ3n) is 4.64. The minimum Gasteiger partial charge on any atom is -0.373 e. The molecule has 2 aromatic carbocycles. The summed E-state index contributed by atoms with van der Waals surface area (Å²) in [7, 11) is 0. The van der Waals surface area contributed by atoms with E-state index in [0.717, 1.165) is 24.0 Å². The summed E-state index contributed by atoms with van der Waals surface area (Å²) in [5.41, 5.74) is 8.33. The Morgan fingerprint density at radius 3 is 2.26 bits per heavy atom. The van der Waals surface area contributed by atoms with Crippen molar-refractivity contribution >= 4 is 41.5 Å². The van der Waals surface area contributed by atoms with Crippen molar-refractivity contribution in [3.8, 4) is 0 Å². The first-order chi connectivity index (χ1) is 12.6. The first-order valence-electron chi connectivity index (χ1n) is 8.70. The van der Waals surface area contributed by atoms with Crippen LogP contribution in [0.25, 0.3) is 0 Å². The Morgan fingerprint density at radius 2 is 1.67 bits per heavy atom. The van der Waals surface area contributed by atoms with E-state index in [4.69, 9.17) is 33.7 Å². The molecule has 146 valence electrons. The van der Waals surface area contributed by atoms with Gasteiger partial charge >= 0.3 is 0 Å². The molecule has 4 nitrogen and oxygen atoms in total. The fourth-order valence-corrected chi connectivity index (χ4v) is 3.36. The van der Waals surface area contributed by atoms with Crippen molar-refractivity contribution in [3.63, 3.8) is 0 Å². The lowest BCUT2D eigenvalue weighted by Crippen LogP contribution is -2.40.